The second-order valence-electron chi connectivity index (χ2n) is 4.37. The first-order chi connectivity index (χ1) is 9.94. The molecule has 7 nitrogen and oxygen atoms in total. The number of hydrogen-bond donors (Lipinski definition) is 2. The number of benzene rings is 1. The molecule has 1 atom stereocenters. The topological polar surface area (TPSA) is 88.1 Å². The summed E-state index contributed by atoms with van der Waals surface area (Å²) >= 11 is 0. The molecule has 116 valence electrons. The van der Waals surface area contributed by atoms with Crippen molar-refractivity contribution in [2.75, 3.05) is 26.6 Å². The van der Waals surface area contributed by atoms with Crippen molar-refractivity contribution in [2.24, 2.45) is 0 Å². The van der Waals surface area contributed by atoms with E-state index in [-0.39, 0.29) is 0 Å². The first kappa shape index (κ1) is 16.6. The lowest BCUT2D eigenvalue weighted by Gasteiger charge is -2.24. The van der Waals surface area contributed by atoms with Crippen LogP contribution < -0.4 is 14.8 Å². The SMILES string of the molecule is CCC(C(=O)O)N(C)C(=O)Nc1cc(OC)ccc1OC. The molecule has 21 heavy (non-hydrogen) atoms. The summed E-state index contributed by atoms with van der Waals surface area (Å²) in [6, 6.07) is 3.54. The van der Waals surface area contributed by atoms with Gasteiger partial charge in [0.05, 0.1) is 19.9 Å². The Hall–Kier alpha value is -2.44. The van der Waals surface area contributed by atoms with Crippen molar-refractivity contribution in [2.45, 2.75) is 19.4 Å². The van der Waals surface area contributed by atoms with Gasteiger partial charge in [0.15, 0.2) is 0 Å². The van der Waals surface area contributed by atoms with Crippen LogP contribution in [0.4, 0.5) is 10.5 Å². The molecule has 0 radical (unpaired) electrons. The van der Waals surface area contributed by atoms with Crippen LogP contribution in [0.25, 0.3) is 0 Å². The number of aliphatic carboxylic acids is 1. The highest BCUT2D eigenvalue weighted by Gasteiger charge is 2.25. The van der Waals surface area contributed by atoms with Gasteiger partial charge in [0.1, 0.15) is 17.5 Å². The Morgan fingerprint density at radius 3 is 2.48 bits per heavy atom. The highest BCUT2D eigenvalue weighted by molar-refractivity contribution is 5.93. The van der Waals surface area contributed by atoms with Gasteiger partial charge in [-0.15, -0.1) is 0 Å². The maximum Gasteiger partial charge on any atom is 0.326 e. The fourth-order valence-corrected chi connectivity index (χ4v) is 1.87. The van der Waals surface area contributed by atoms with Crippen LogP contribution in [0, 0.1) is 0 Å². The molecule has 1 aromatic carbocycles. The predicted octanol–water partition coefficient (Wildman–Crippen LogP) is 2.03. The second kappa shape index (κ2) is 7.37. The van der Waals surface area contributed by atoms with Crippen LogP contribution >= 0.6 is 0 Å². The molecule has 1 aromatic rings. The molecule has 0 fully saturated rings. The summed E-state index contributed by atoms with van der Waals surface area (Å²) in [5.41, 5.74) is 0.411. The number of amides is 2. The molecule has 2 amide bonds. The van der Waals surface area contributed by atoms with Crippen molar-refractivity contribution in [3.63, 3.8) is 0 Å². The van der Waals surface area contributed by atoms with Gasteiger partial charge in [0, 0.05) is 13.1 Å². The number of urea groups is 1. The number of carboxylic acids is 1. The molecule has 0 aliphatic carbocycles. The standard InChI is InChI=1S/C14H20N2O5/c1-5-11(13(17)18)16(2)14(19)15-10-8-9(20-3)6-7-12(10)21-4/h6-8,11H,5H2,1-4H3,(H,15,19)(H,17,18). The maximum atomic E-state index is 12.1. The van der Waals surface area contributed by atoms with Crippen LogP contribution in [0.2, 0.25) is 0 Å². The quantitative estimate of drug-likeness (QED) is 0.838. The van der Waals surface area contributed by atoms with Crippen molar-refractivity contribution in [1.82, 2.24) is 4.90 Å². The highest BCUT2D eigenvalue weighted by Crippen LogP contribution is 2.29. The normalized spacial score (nSPS) is 11.4. The predicted molar refractivity (Wildman–Crippen MR) is 78.0 cm³/mol. The number of carbonyl (C=O) groups is 2. The van der Waals surface area contributed by atoms with Crippen molar-refractivity contribution in [3.8, 4) is 11.5 Å². The number of ether oxygens (including phenoxy) is 2. The fourth-order valence-electron chi connectivity index (χ4n) is 1.87. The van der Waals surface area contributed by atoms with E-state index in [2.05, 4.69) is 5.32 Å². The van der Waals surface area contributed by atoms with Gasteiger partial charge < -0.3 is 24.8 Å². The van der Waals surface area contributed by atoms with Crippen LogP contribution in [0.1, 0.15) is 13.3 Å². The van der Waals surface area contributed by atoms with E-state index in [9.17, 15) is 9.59 Å². The number of nitrogens with zero attached hydrogens (tertiary/aromatic N) is 1. The molecule has 0 heterocycles. The van der Waals surface area contributed by atoms with E-state index in [0.29, 0.717) is 23.6 Å². The van der Waals surface area contributed by atoms with Gasteiger partial charge in [-0.2, -0.15) is 0 Å². The van der Waals surface area contributed by atoms with Crippen molar-refractivity contribution in [3.05, 3.63) is 18.2 Å². The van der Waals surface area contributed by atoms with Gasteiger partial charge in [-0.25, -0.2) is 9.59 Å². The first-order valence-corrected chi connectivity index (χ1v) is 6.43. The van der Waals surface area contributed by atoms with E-state index in [4.69, 9.17) is 14.6 Å². The third kappa shape index (κ3) is 4.01. The molecule has 0 bridgehead atoms. The van der Waals surface area contributed by atoms with E-state index in [1.165, 1.54) is 21.3 Å². The molecule has 0 spiro atoms. The van der Waals surface area contributed by atoms with Crippen LogP contribution in [0.15, 0.2) is 18.2 Å². The van der Waals surface area contributed by atoms with E-state index >= 15 is 0 Å². The third-order valence-corrected chi connectivity index (χ3v) is 3.11. The number of rotatable bonds is 6. The summed E-state index contributed by atoms with van der Waals surface area (Å²) < 4.78 is 10.2. The largest absolute Gasteiger partial charge is 0.497 e. The monoisotopic (exact) mass is 296 g/mol. The minimum absolute atomic E-state index is 0.314. The van der Waals surface area contributed by atoms with E-state index in [1.807, 2.05) is 0 Å². The molecule has 0 aliphatic heterocycles. The van der Waals surface area contributed by atoms with Crippen molar-refractivity contribution < 1.29 is 24.2 Å². The summed E-state index contributed by atoms with van der Waals surface area (Å²) in [5, 5.41) is 11.7. The number of nitrogens with one attached hydrogen (secondary N) is 1. The average molecular weight is 296 g/mol. The zero-order chi connectivity index (χ0) is 16.0. The van der Waals surface area contributed by atoms with E-state index in [0.717, 1.165) is 4.90 Å². The van der Waals surface area contributed by atoms with Crippen molar-refractivity contribution >= 4 is 17.7 Å². The summed E-state index contributed by atoms with van der Waals surface area (Å²) in [6.07, 6.45) is 0.314. The number of anilines is 1. The molecular formula is C14H20N2O5. The molecule has 0 aliphatic rings. The third-order valence-electron chi connectivity index (χ3n) is 3.11. The van der Waals surface area contributed by atoms with Crippen LogP contribution in [0.3, 0.4) is 0 Å². The zero-order valence-electron chi connectivity index (χ0n) is 12.5. The maximum absolute atomic E-state index is 12.1. The number of likely N-dealkylation sites (N-methyl/N-ethyl adjacent to an activating group) is 1. The average Bonchev–Trinajstić information content (AvgIpc) is 2.47. The second-order valence-corrected chi connectivity index (χ2v) is 4.37. The Balaban J connectivity index is 2.94. The smallest absolute Gasteiger partial charge is 0.326 e. The summed E-state index contributed by atoms with van der Waals surface area (Å²) in [7, 11) is 4.43. The van der Waals surface area contributed by atoms with Gasteiger partial charge in [-0.05, 0) is 18.6 Å². The van der Waals surface area contributed by atoms with Gasteiger partial charge in [-0.1, -0.05) is 6.92 Å². The highest BCUT2D eigenvalue weighted by atomic mass is 16.5. The summed E-state index contributed by atoms with van der Waals surface area (Å²) in [6.45, 7) is 1.70. The van der Waals surface area contributed by atoms with Gasteiger partial charge in [-0.3, -0.25) is 0 Å². The lowest BCUT2D eigenvalue weighted by molar-refractivity contribution is -0.141. The van der Waals surface area contributed by atoms with Gasteiger partial charge >= 0.3 is 12.0 Å². The minimum atomic E-state index is -1.05. The lowest BCUT2D eigenvalue weighted by Crippen LogP contribution is -2.44. The number of carbonyl (C=O) groups excluding carboxylic acids is 1. The molecule has 1 rings (SSSR count). The molecule has 0 saturated carbocycles. The van der Waals surface area contributed by atoms with Crippen LogP contribution in [0.5, 0.6) is 11.5 Å². The van der Waals surface area contributed by atoms with Gasteiger partial charge in [0.25, 0.3) is 0 Å². The van der Waals surface area contributed by atoms with Gasteiger partial charge in [0.2, 0.25) is 0 Å². The lowest BCUT2D eigenvalue weighted by atomic mass is 10.2. The Morgan fingerprint density at radius 2 is 2.00 bits per heavy atom. The number of hydrogen-bond acceptors (Lipinski definition) is 4. The minimum Gasteiger partial charge on any atom is -0.497 e. The molecule has 0 saturated heterocycles. The Morgan fingerprint density at radius 1 is 1.33 bits per heavy atom. The van der Waals surface area contributed by atoms with Crippen molar-refractivity contribution in [1.29, 1.82) is 0 Å². The molecular weight excluding hydrogens is 276 g/mol. The molecule has 2 N–H and O–H groups in total. The van der Waals surface area contributed by atoms with E-state index < -0.39 is 18.0 Å². The van der Waals surface area contributed by atoms with E-state index in [1.54, 1.807) is 25.1 Å². The number of carboxylic acid groups (broad SMARTS) is 1. The van der Waals surface area contributed by atoms with Crippen LogP contribution in [-0.2, 0) is 4.79 Å². The van der Waals surface area contributed by atoms with Crippen LogP contribution in [-0.4, -0.2) is 49.3 Å². The summed E-state index contributed by atoms with van der Waals surface area (Å²) in [4.78, 5) is 24.4. The Kier molecular flexibility index (Phi) is 5.83. The Bertz CT molecular complexity index is 518. The molecule has 7 heteroatoms. The Labute approximate surface area is 123 Å². The molecule has 1 unspecified atom stereocenters. The zero-order valence-corrected chi connectivity index (χ0v) is 12.5. The fraction of sp³-hybridized carbons (Fsp3) is 0.429. The number of methoxy groups -OCH3 is 2. The molecule has 0 aromatic heterocycles. The summed E-state index contributed by atoms with van der Waals surface area (Å²) in [5.74, 6) is -0.0345. The first-order valence-electron chi connectivity index (χ1n) is 6.43.